The quantitative estimate of drug-likeness (QED) is 0.787. The SMILES string of the molecule is C[C@H]1CN(c2ccc(N3C[C@H](CO)OC3=O)cc2F)C[C@H]1N1CN(C)C(=O)N(C)C1. The molecule has 3 aliphatic heterocycles. The van der Waals surface area contributed by atoms with Gasteiger partial charge in [-0.2, -0.15) is 0 Å². The number of aliphatic hydroxyl groups excluding tert-OH is 1. The normalized spacial score (nSPS) is 28.0. The zero-order valence-electron chi connectivity index (χ0n) is 17.5. The molecule has 164 valence electrons. The van der Waals surface area contributed by atoms with E-state index >= 15 is 0 Å². The maximum Gasteiger partial charge on any atom is 0.414 e. The average Bonchev–Trinajstić information content (AvgIpc) is 3.28. The first-order valence-electron chi connectivity index (χ1n) is 10.1. The van der Waals surface area contributed by atoms with E-state index in [2.05, 4.69) is 11.8 Å². The second-order valence-electron chi connectivity index (χ2n) is 8.43. The largest absolute Gasteiger partial charge is 0.441 e. The molecule has 4 rings (SSSR count). The van der Waals surface area contributed by atoms with E-state index in [1.165, 1.54) is 11.0 Å². The molecule has 0 saturated carbocycles. The van der Waals surface area contributed by atoms with Gasteiger partial charge >= 0.3 is 12.1 Å². The molecule has 1 aromatic rings. The Morgan fingerprint density at radius 3 is 2.43 bits per heavy atom. The van der Waals surface area contributed by atoms with Crippen LogP contribution < -0.4 is 9.80 Å². The number of rotatable bonds is 4. The van der Waals surface area contributed by atoms with Gasteiger partial charge in [0.1, 0.15) is 11.9 Å². The van der Waals surface area contributed by atoms with Crippen LogP contribution in [0, 0.1) is 11.7 Å². The first kappa shape index (κ1) is 20.7. The van der Waals surface area contributed by atoms with Crippen molar-refractivity contribution >= 4 is 23.5 Å². The summed E-state index contributed by atoms with van der Waals surface area (Å²) >= 11 is 0. The van der Waals surface area contributed by atoms with Crippen molar-refractivity contribution in [3.8, 4) is 0 Å². The number of cyclic esters (lactones) is 1. The minimum absolute atomic E-state index is 0.000680. The number of hydrogen-bond acceptors (Lipinski definition) is 6. The monoisotopic (exact) mass is 421 g/mol. The van der Waals surface area contributed by atoms with E-state index < -0.39 is 18.0 Å². The molecule has 3 atom stereocenters. The number of hydrogen-bond donors (Lipinski definition) is 1. The number of carbonyl (C=O) groups excluding carboxylic acids is 2. The van der Waals surface area contributed by atoms with Crippen molar-refractivity contribution in [2.45, 2.75) is 19.1 Å². The summed E-state index contributed by atoms with van der Waals surface area (Å²) in [5, 5.41) is 9.18. The Morgan fingerprint density at radius 1 is 1.13 bits per heavy atom. The summed E-state index contributed by atoms with van der Waals surface area (Å²) in [6.45, 7) is 4.55. The number of urea groups is 1. The molecule has 30 heavy (non-hydrogen) atoms. The van der Waals surface area contributed by atoms with Crippen LogP contribution in [0.2, 0.25) is 0 Å². The lowest BCUT2D eigenvalue weighted by Crippen LogP contribution is -2.59. The Bertz CT molecular complexity index is 825. The van der Waals surface area contributed by atoms with Crippen molar-refractivity contribution in [3.63, 3.8) is 0 Å². The number of nitrogens with zero attached hydrogens (tertiary/aromatic N) is 5. The zero-order chi connectivity index (χ0) is 21.6. The van der Waals surface area contributed by atoms with Crippen molar-refractivity contribution < 1.29 is 23.8 Å². The van der Waals surface area contributed by atoms with Gasteiger partial charge in [0, 0.05) is 33.2 Å². The second kappa shape index (κ2) is 7.92. The summed E-state index contributed by atoms with van der Waals surface area (Å²) in [6.07, 6.45) is -1.17. The highest BCUT2D eigenvalue weighted by molar-refractivity contribution is 5.90. The van der Waals surface area contributed by atoms with Gasteiger partial charge in [-0.3, -0.25) is 9.80 Å². The fourth-order valence-corrected chi connectivity index (χ4v) is 4.58. The Kier molecular flexibility index (Phi) is 5.46. The summed E-state index contributed by atoms with van der Waals surface area (Å²) in [4.78, 5) is 32.9. The van der Waals surface area contributed by atoms with Gasteiger partial charge in [-0.05, 0) is 24.1 Å². The molecule has 0 radical (unpaired) electrons. The Hall–Kier alpha value is -2.59. The molecule has 9 nitrogen and oxygen atoms in total. The van der Waals surface area contributed by atoms with Gasteiger partial charge in [0.2, 0.25) is 0 Å². The topological polar surface area (TPSA) is 79.8 Å². The zero-order valence-corrected chi connectivity index (χ0v) is 17.5. The molecular weight excluding hydrogens is 393 g/mol. The molecular formula is C20H28FN5O4. The maximum atomic E-state index is 15.0. The molecule has 0 aromatic heterocycles. The molecule has 1 N–H and O–H groups in total. The van der Waals surface area contributed by atoms with Crippen molar-refractivity contribution in [1.82, 2.24) is 14.7 Å². The van der Waals surface area contributed by atoms with E-state index in [0.29, 0.717) is 43.7 Å². The molecule has 3 heterocycles. The van der Waals surface area contributed by atoms with Crippen LogP contribution in [0.1, 0.15) is 6.92 Å². The molecule has 3 fully saturated rings. The Labute approximate surface area is 175 Å². The van der Waals surface area contributed by atoms with Crippen LogP contribution in [-0.4, -0.2) is 97.8 Å². The van der Waals surface area contributed by atoms with Gasteiger partial charge in [-0.15, -0.1) is 0 Å². The minimum Gasteiger partial charge on any atom is -0.441 e. The lowest BCUT2D eigenvalue weighted by atomic mass is 10.1. The van der Waals surface area contributed by atoms with Crippen molar-refractivity contribution in [2.24, 2.45) is 5.92 Å². The smallest absolute Gasteiger partial charge is 0.414 e. The van der Waals surface area contributed by atoms with Crippen LogP contribution in [0.15, 0.2) is 18.2 Å². The predicted octanol–water partition coefficient (Wildman–Crippen LogP) is 1.18. The fraction of sp³-hybridized carbons (Fsp3) is 0.600. The van der Waals surface area contributed by atoms with Crippen molar-refractivity contribution in [1.29, 1.82) is 0 Å². The van der Waals surface area contributed by atoms with Crippen LogP contribution in [0.25, 0.3) is 0 Å². The number of aliphatic hydroxyl groups is 1. The number of benzene rings is 1. The molecule has 0 bridgehead atoms. The standard InChI is InChI=1S/C20H28FN5O4/c1-13-7-24(9-18(13)25-11-22(2)19(28)23(3)12-25)17-5-4-14(6-16(17)21)26-8-15(10-27)30-20(26)29/h4-6,13,15,18,27H,7-12H2,1-3H3/t13-,15+,18+/m0/s1. The maximum absolute atomic E-state index is 15.0. The van der Waals surface area contributed by atoms with Crippen LogP contribution in [0.4, 0.5) is 25.4 Å². The molecule has 3 saturated heterocycles. The van der Waals surface area contributed by atoms with E-state index in [1.54, 1.807) is 36.0 Å². The van der Waals surface area contributed by atoms with Gasteiger partial charge in [-0.25, -0.2) is 14.0 Å². The average molecular weight is 421 g/mol. The molecule has 3 aliphatic rings. The summed E-state index contributed by atoms with van der Waals surface area (Å²) in [5.74, 6) is -0.0957. The van der Waals surface area contributed by atoms with Crippen molar-refractivity contribution in [3.05, 3.63) is 24.0 Å². The van der Waals surface area contributed by atoms with Gasteiger partial charge in [0.15, 0.2) is 0 Å². The van der Waals surface area contributed by atoms with Crippen LogP contribution in [-0.2, 0) is 4.74 Å². The van der Waals surface area contributed by atoms with Crippen LogP contribution in [0.5, 0.6) is 0 Å². The predicted molar refractivity (Wildman–Crippen MR) is 109 cm³/mol. The highest BCUT2D eigenvalue weighted by Gasteiger charge is 2.39. The van der Waals surface area contributed by atoms with E-state index in [4.69, 9.17) is 4.74 Å². The summed E-state index contributed by atoms with van der Waals surface area (Å²) in [7, 11) is 3.57. The van der Waals surface area contributed by atoms with Gasteiger partial charge in [0.25, 0.3) is 0 Å². The summed E-state index contributed by atoms with van der Waals surface area (Å²) < 4.78 is 20.0. The lowest BCUT2D eigenvalue weighted by molar-refractivity contribution is 0.0233. The second-order valence-corrected chi connectivity index (χ2v) is 8.43. The lowest BCUT2D eigenvalue weighted by Gasteiger charge is -2.42. The van der Waals surface area contributed by atoms with Crippen LogP contribution in [0.3, 0.4) is 0 Å². The molecule has 0 unspecified atom stereocenters. The van der Waals surface area contributed by atoms with E-state index in [9.17, 15) is 19.1 Å². The van der Waals surface area contributed by atoms with E-state index in [1.807, 2.05) is 4.90 Å². The number of halogens is 1. The first-order valence-corrected chi connectivity index (χ1v) is 10.1. The third kappa shape index (κ3) is 3.65. The van der Waals surface area contributed by atoms with Gasteiger partial charge in [0.05, 0.1) is 37.9 Å². The summed E-state index contributed by atoms with van der Waals surface area (Å²) in [5.41, 5.74) is 0.910. The Morgan fingerprint density at radius 2 is 1.83 bits per heavy atom. The molecule has 3 amide bonds. The van der Waals surface area contributed by atoms with E-state index in [0.717, 1.165) is 0 Å². The van der Waals surface area contributed by atoms with Crippen molar-refractivity contribution in [2.75, 3.05) is 63.5 Å². The first-order chi connectivity index (χ1) is 14.3. The number of amides is 3. The molecule has 0 aliphatic carbocycles. The number of carbonyl (C=O) groups is 2. The fourth-order valence-electron chi connectivity index (χ4n) is 4.58. The highest BCUT2D eigenvalue weighted by Crippen LogP contribution is 2.32. The molecule has 10 heteroatoms. The Balaban J connectivity index is 1.47. The van der Waals surface area contributed by atoms with Gasteiger partial charge < -0.3 is 24.5 Å². The minimum atomic E-state index is -0.590. The summed E-state index contributed by atoms with van der Waals surface area (Å²) in [6, 6.07) is 4.94. The number of ether oxygens (including phenoxy) is 1. The number of anilines is 2. The molecule has 0 spiro atoms. The third-order valence-electron chi connectivity index (χ3n) is 6.14. The highest BCUT2D eigenvalue weighted by atomic mass is 19.1. The third-order valence-corrected chi connectivity index (χ3v) is 6.14. The van der Waals surface area contributed by atoms with Crippen LogP contribution >= 0.6 is 0 Å². The van der Waals surface area contributed by atoms with Gasteiger partial charge in [-0.1, -0.05) is 6.92 Å². The van der Waals surface area contributed by atoms with E-state index in [-0.39, 0.29) is 25.2 Å². The molecule has 1 aromatic carbocycles.